The fraction of sp³-hybridized carbons (Fsp3) is 0.786. The summed E-state index contributed by atoms with van der Waals surface area (Å²) in [4.78, 5) is 38.9. The summed E-state index contributed by atoms with van der Waals surface area (Å²) < 4.78 is 10.6. The van der Waals surface area contributed by atoms with E-state index in [1.54, 1.807) is 4.90 Å². The summed E-state index contributed by atoms with van der Waals surface area (Å²) in [6.07, 6.45) is -0.893. The fourth-order valence-electron chi connectivity index (χ4n) is 2.81. The van der Waals surface area contributed by atoms with Gasteiger partial charge in [0.2, 0.25) is 11.8 Å². The fourth-order valence-corrected chi connectivity index (χ4v) is 2.81. The lowest BCUT2D eigenvalue weighted by Crippen LogP contribution is -2.55. The van der Waals surface area contributed by atoms with E-state index in [1.165, 1.54) is 4.90 Å². The molecule has 0 spiro atoms. The molecule has 0 aromatic carbocycles. The van der Waals surface area contributed by atoms with Crippen molar-refractivity contribution in [3.05, 3.63) is 0 Å². The topological polar surface area (TPSA) is 108 Å². The zero-order chi connectivity index (χ0) is 16.8. The predicted molar refractivity (Wildman–Crippen MR) is 79.0 cm³/mol. The summed E-state index contributed by atoms with van der Waals surface area (Å²) in [6.45, 7) is 4.62. The van der Waals surface area contributed by atoms with Gasteiger partial charge in [-0.15, -0.1) is 0 Å². The van der Waals surface area contributed by atoms with Gasteiger partial charge in [-0.2, -0.15) is 0 Å². The van der Waals surface area contributed by atoms with Gasteiger partial charge in [0.05, 0.1) is 19.8 Å². The normalized spacial score (nSPS) is 23.0. The number of carbonyl (C=O) groups is 3. The third-order valence-corrected chi connectivity index (χ3v) is 4.00. The van der Waals surface area contributed by atoms with E-state index in [2.05, 4.69) is 5.32 Å². The van der Waals surface area contributed by atoms with Crippen LogP contribution in [0.1, 0.15) is 13.3 Å². The van der Waals surface area contributed by atoms with Crippen molar-refractivity contribution >= 4 is 17.9 Å². The molecule has 0 aromatic rings. The summed E-state index contributed by atoms with van der Waals surface area (Å²) in [6, 6.07) is -1.52. The summed E-state index contributed by atoms with van der Waals surface area (Å²) >= 11 is 0. The molecule has 2 rings (SSSR count). The SMILES string of the molecule is CCOC[C@@H](C(=O)N1CCOCC1)N1CC[C@H](NC(=O)O)C1=O. The number of ether oxygens (including phenoxy) is 2. The molecule has 0 radical (unpaired) electrons. The van der Waals surface area contributed by atoms with Crippen molar-refractivity contribution in [2.75, 3.05) is 46.1 Å². The van der Waals surface area contributed by atoms with Crippen LogP contribution >= 0.6 is 0 Å². The van der Waals surface area contributed by atoms with E-state index in [1.807, 2.05) is 6.92 Å². The number of carboxylic acid groups (broad SMARTS) is 1. The first kappa shape index (κ1) is 17.5. The summed E-state index contributed by atoms with van der Waals surface area (Å²) in [5.74, 6) is -0.551. The highest BCUT2D eigenvalue weighted by Gasteiger charge is 2.41. The average Bonchev–Trinajstić information content (AvgIpc) is 2.89. The van der Waals surface area contributed by atoms with Crippen LogP contribution in [-0.4, -0.2) is 91.0 Å². The molecule has 0 bridgehead atoms. The minimum Gasteiger partial charge on any atom is -0.465 e. The minimum absolute atomic E-state index is 0.109. The molecule has 130 valence electrons. The lowest BCUT2D eigenvalue weighted by atomic mass is 10.2. The number of likely N-dealkylation sites (tertiary alicyclic amines) is 1. The molecular formula is C14H23N3O6. The maximum Gasteiger partial charge on any atom is 0.405 e. The van der Waals surface area contributed by atoms with Crippen LogP contribution in [0, 0.1) is 0 Å². The molecule has 2 aliphatic heterocycles. The molecule has 0 aromatic heterocycles. The third-order valence-electron chi connectivity index (χ3n) is 4.00. The van der Waals surface area contributed by atoms with Gasteiger partial charge in [-0.25, -0.2) is 4.79 Å². The van der Waals surface area contributed by atoms with E-state index in [0.717, 1.165) is 0 Å². The molecule has 2 N–H and O–H groups in total. The Morgan fingerprint density at radius 2 is 2.09 bits per heavy atom. The van der Waals surface area contributed by atoms with Gasteiger partial charge in [0.25, 0.3) is 0 Å². The van der Waals surface area contributed by atoms with Crippen LogP contribution in [0.15, 0.2) is 0 Å². The molecule has 3 amide bonds. The maximum atomic E-state index is 12.7. The number of nitrogens with one attached hydrogen (secondary N) is 1. The quantitative estimate of drug-likeness (QED) is 0.655. The van der Waals surface area contributed by atoms with Crippen molar-refractivity contribution in [2.24, 2.45) is 0 Å². The van der Waals surface area contributed by atoms with Crippen LogP contribution in [0.3, 0.4) is 0 Å². The van der Waals surface area contributed by atoms with Crippen LogP contribution in [0.2, 0.25) is 0 Å². The van der Waals surface area contributed by atoms with E-state index in [-0.39, 0.29) is 18.4 Å². The Morgan fingerprint density at radius 1 is 1.39 bits per heavy atom. The van der Waals surface area contributed by atoms with E-state index in [4.69, 9.17) is 14.6 Å². The molecule has 2 fully saturated rings. The first-order valence-corrected chi connectivity index (χ1v) is 7.78. The monoisotopic (exact) mass is 329 g/mol. The van der Waals surface area contributed by atoms with Crippen LogP contribution in [0.25, 0.3) is 0 Å². The van der Waals surface area contributed by atoms with Crippen molar-refractivity contribution in [2.45, 2.75) is 25.4 Å². The number of amides is 3. The molecule has 23 heavy (non-hydrogen) atoms. The Kier molecular flexibility index (Phi) is 6.17. The Balaban J connectivity index is 2.06. The van der Waals surface area contributed by atoms with Crippen LogP contribution in [-0.2, 0) is 19.1 Å². The van der Waals surface area contributed by atoms with Gasteiger partial charge in [-0.1, -0.05) is 0 Å². The number of hydrogen-bond acceptors (Lipinski definition) is 5. The molecule has 0 aliphatic carbocycles. The van der Waals surface area contributed by atoms with Gasteiger partial charge >= 0.3 is 6.09 Å². The Morgan fingerprint density at radius 3 is 2.70 bits per heavy atom. The average molecular weight is 329 g/mol. The molecule has 2 atom stereocenters. The van der Waals surface area contributed by atoms with Crippen molar-refractivity contribution in [1.82, 2.24) is 15.1 Å². The number of carbonyl (C=O) groups excluding carboxylic acids is 2. The van der Waals surface area contributed by atoms with Crippen molar-refractivity contribution < 1.29 is 29.0 Å². The molecule has 9 nitrogen and oxygen atoms in total. The molecular weight excluding hydrogens is 306 g/mol. The summed E-state index contributed by atoms with van der Waals surface area (Å²) in [5.41, 5.74) is 0. The van der Waals surface area contributed by atoms with Gasteiger partial charge < -0.3 is 29.7 Å². The summed E-state index contributed by atoms with van der Waals surface area (Å²) in [7, 11) is 0. The van der Waals surface area contributed by atoms with Crippen molar-refractivity contribution in [1.29, 1.82) is 0 Å². The minimum atomic E-state index is -1.24. The Labute approximate surface area is 134 Å². The lowest BCUT2D eigenvalue weighted by molar-refractivity contribution is -0.149. The van der Waals surface area contributed by atoms with Gasteiger partial charge in [0.1, 0.15) is 12.1 Å². The van der Waals surface area contributed by atoms with E-state index >= 15 is 0 Å². The zero-order valence-corrected chi connectivity index (χ0v) is 13.2. The number of rotatable bonds is 6. The number of morpholine rings is 1. The summed E-state index contributed by atoms with van der Waals surface area (Å²) in [5, 5.41) is 11.0. The highest BCUT2D eigenvalue weighted by molar-refractivity contribution is 5.92. The molecule has 9 heteroatoms. The molecule has 2 aliphatic rings. The van der Waals surface area contributed by atoms with Gasteiger partial charge in [0.15, 0.2) is 0 Å². The van der Waals surface area contributed by atoms with Gasteiger partial charge in [-0.05, 0) is 13.3 Å². The number of hydrogen-bond donors (Lipinski definition) is 2. The zero-order valence-electron chi connectivity index (χ0n) is 13.2. The van der Waals surface area contributed by atoms with E-state index in [9.17, 15) is 14.4 Å². The first-order chi connectivity index (χ1) is 11.0. The first-order valence-electron chi connectivity index (χ1n) is 7.78. The molecule has 2 saturated heterocycles. The van der Waals surface area contributed by atoms with Gasteiger partial charge in [-0.3, -0.25) is 9.59 Å². The van der Waals surface area contributed by atoms with E-state index < -0.39 is 18.2 Å². The Bertz CT molecular complexity index is 452. The molecule has 0 unspecified atom stereocenters. The Hall–Kier alpha value is -1.87. The number of nitrogens with zero attached hydrogens (tertiary/aromatic N) is 2. The second-order valence-corrected chi connectivity index (χ2v) is 5.44. The highest BCUT2D eigenvalue weighted by Crippen LogP contribution is 2.17. The second kappa shape index (κ2) is 8.11. The van der Waals surface area contributed by atoms with Crippen molar-refractivity contribution in [3.63, 3.8) is 0 Å². The maximum absolute atomic E-state index is 12.7. The predicted octanol–water partition coefficient (Wildman–Crippen LogP) is -0.881. The van der Waals surface area contributed by atoms with Gasteiger partial charge in [0, 0.05) is 26.2 Å². The van der Waals surface area contributed by atoms with Crippen molar-refractivity contribution in [3.8, 4) is 0 Å². The van der Waals surface area contributed by atoms with Crippen LogP contribution < -0.4 is 5.32 Å². The third kappa shape index (κ3) is 4.32. The molecule has 2 heterocycles. The second-order valence-electron chi connectivity index (χ2n) is 5.44. The molecule has 0 saturated carbocycles. The standard InChI is InChI=1S/C14H23N3O6/c1-2-22-9-11(13(19)16-5-7-23-8-6-16)17-4-3-10(12(17)18)15-14(20)21/h10-11,15H,2-9H2,1H3,(H,20,21)/t10-,11-/m0/s1. The van der Waals surface area contributed by atoms with Crippen LogP contribution in [0.5, 0.6) is 0 Å². The van der Waals surface area contributed by atoms with E-state index in [0.29, 0.717) is 45.9 Å². The lowest BCUT2D eigenvalue weighted by Gasteiger charge is -2.34. The smallest absolute Gasteiger partial charge is 0.405 e. The highest BCUT2D eigenvalue weighted by atomic mass is 16.5. The van der Waals surface area contributed by atoms with Crippen LogP contribution in [0.4, 0.5) is 4.79 Å². The largest absolute Gasteiger partial charge is 0.465 e.